The minimum atomic E-state index is -0.493. The number of amides is 1. The Labute approximate surface area is 146 Å². The predicted octanol–water partition coefficient (Wildman–Crippen LogP) is 3.14. The Bertz CT molecular complexity index is 772. The fraction of sp³-hybridized carbons (Fsp3) is 0.444. The zero-order chi connectivity index (χ0) is 18.0. The van der Waals surface area contributed by atoms with Crippen molar-refractivity contribution >= 4 is 17.4 Å². The number of benzene rings is 1. The summed E-state index contributed by atoms with van der Waals surface area (Å²) in [4.78, 5) is 12.4. The van der Waals surface area contributed by atoms with Gasteiger partial charge in [-0.3, -0.25) is 4.79 Å². The number of hydrogen-bond donors (Lipinski definition) is 2. The molecule has 2 atom stereocenters. The first kappa shape index (κ1) is 17.1. The van der Waals surface area contributed by atoms with Crippen LogP contribution in [0.25, 0.3) is 0 Å². The van der Waals surface area contributed by atoms with Gasteiger partial charge in [0.05, 0.1) is 12.3 Å². The fourth-order valence-corrected chi connectivity index (χ4v) is 2.79. The third-order valence-electron chi connectivity index (χ3n) is 3.94. The molecule has 134 valence electrons. The van der Waals surface area contributed by atoms with Crippen molar-refractivity contribution in [3.63, 3.8) is 0 Å². The average molecular weight is 345 g/mol. The van der Waals surface area contributed by atoms with Crippen molar-refractivity contribution in [2.75, 3.05) is 17.2 Å². The van der Waals surface area contributed by atoms with Crippen molar-refractivity contribution in [1.29, 1.82) is 0 Å². The van der Waals surface area contributed by atoms with Gasteiger partial charge in [-0.25, -0.2) is 0 Å². The van der Waals surface area contributed by atoms with E-state index >= 15 is 0 Å². The van der Waals surface area contributed by atoms with Crippen LogP contribution in [0, 0.1) is 6.92 Å². The highest BCUT2D eigenvalue weighted by Gasteiger charge is 2.23. The number of ether oxygens (including phenoxy) is 2. The number of hydrogen-bond acceptors (Lipinski definition) is 6. The lowest BCUT2D eigenvalue weighted by Gasteiger charge is -2.18. The number of aromatic nitrogens is 1. The second-order valence-corrected chi connectivity index (χ2v) is 6.20. The Morgan fingerprint density at radius 1 is 1.44 bits per heavy atom. The second-order valence-electron chi connectivity index (χ2n) is 6.20. The van der Waals surface area contributed by atoms with Gasteiger partial charge in [0.15, 0.2) is 5.82 Å². The van der Waals surface area contributed by atoms with E-state index in [1.54, 1.807) is 19.9 Å². The summed E-state index contributed by atoms with van der Waals surface area (Å²) in [7, 11) is 0. The van der Waals surface area contributed by atoms with E-state index in [1.165, 1.54) is 0 Å². The maximum atomic E-state index is 12.4. The van der Waals surface area contributed by atoms with E-state index in [0.29, 0.717) is 18.2 Å². The number of nitrogens with one attached hydrogen (secondary N) is 2. The second kappa shape index (κ2) is 7.04. The zero-order valence-corrected chi connectivity index (χ0v) is 14.9. The van der Waals surface area contributed by atoms with E-state index in [1.807, 2.05) is 26.0 Å². The molecule has 2 N–H and O–H groups in total. The van der Waals surface area contributed by atoms with Crippen LogP contribution in [-0.2, 0) is 11.2 Å². The van der Waals surface area contributed by atoms with E-state index < -0.39 is 6.04 Å². The maximum absolute atomic E-state index is 12.4. The third kappa shape index (κ3) is 3.87. The summed E-state index contributed by atoms with van der Waals surface area (Å²) in [6.07, 6.45) is 1.01. The molecule has 1 aliphatic heterocycles. The Balaban J connectivity index is 1.74. The standard InChI is InChI=1S/C18H23N3O4/c1-5-23-16-8-13-6-10(2)24-15(13)9-14(16)19-12(4)18(22)20-17-7-11(3)25-21-17/h7-10,12,19H,5-6H2,1-4H3,(H,20,21,22)/t10-,12-/m0/s1. The number of aryl methyl sites for hydroxylation is 1. The first-order valence-corrected chi connectivity index (χ1v) is 8.43. The quantitative estimate of drug-likeness (QED) is 0.836. The largest absolute Gasteiger partial charge is 0.492 e. The van der Waals surface area contributed by atoms with E-state index in [-0.39, 0.29) is 12.0 Å². The molecule has 7 nitrogen and oxygen atoms in total. The molecule has 0 saturated carbocycles. The smallest absolute Gasteiger partial charge is 0.247 e. The molecule has 0 unspecified atom stereocenters. The molecule has 0 radical (unpaired) electrons. The molecule has 2 aromatic rings. The van der Waals surface area contributed by atoms with E-state index in [4.69, 9.17) is 14.0 Å². The van der Waals surface area contributed by atoms with Crippen molar-refractivity contribution in [3.8, 4) is 11.5 Å². The van der Waals surface area contributed by atoms with Gasteiger partial charge < -0.3 is 24.6 Å². The summed E-state index contributed by atoms with van der Waals surface area (Å²) in [5, 5.41) is 9.67. The molecule has 0 fully saturated rings. The Kier molecular flexibility index (Phi) is 4.83. The highest BCUT2D eigenvalue weighted by molar-refractivity contribution is 5.95. The normalized spacial score (nSPS) is 16.7. The van der Waals surface area contributed by atoms with Crippen LogP contribution in [-0.4, -0.2) is 29.8 Å². The number of nitrogens with zero attached hydrogens (tertiary/aromatic N) is 1. The van der Waals surface area contributed by atoms with Crippen LogP contribution in [0.1, 0.15) is 32.1 Å². The van der Waals surface area contributed by atoms with Gasteiger partial charge in [0, 0.05) is 24.1 Å². The molecule has 0 aliphatic carbocycles. The molecule has 1 aromatic heterocycles. The monoisotopic (exact) mass is 345 g/mol. The summed E-state index contributed by atoms with van der Waals surface area (Å²) < 4.78 is 16.5. The van der Waals surface area contributed by atoms with Crippen molar-refractivity contribution in [2.45, 2.75) is 46.3 Å². The van der Waals surface area contributed by atoms with Gasteiger partial charge in [0.2, 0.25) is 5.91 Å². The lowest BCUT2D eigenvalue weighted by atomic mass is 10.1. The molecule has 25 heavy (non-hydrogen) atoms. The van der Waals surface area contributed by atoms with Crippen molar-refractivity contribution in [3.05, 3.63) is 29.5 Å². The summed E-state index contributed by atoms with van der Waals surface area (Å²) >= 11 is 0. The highest BCUT2D eigenvalue weighted by Crippen LogP contribution is 2.38. The first-order chi connectivity index (χ1) is 12.0. The Morgan fingerprint density at radius 2 is 2.24 bits per heavy atom. The first-order valence-electron chi connectivity index (χ1n) is 8.43. The third-order valence-corrected chi connectivity index (χ3v) is 3.94. The van der Waals surface area contributed by atoms with Crippen molar-refractivity contribution < 1.29 is 18.8 Å². The van der Waals surface area contributed by atoms with Crippen molar-refractivity contribution in [1.82, 2.24) is 5.16 Å². The number of carbonyl (C=O) groups excluding carboxylic acids is 1. The molecule has 1 aliphatic rings. The van der Waals surface area contributed by atoms with Crippen LogP contribution in [0.4, 0.5) is 11.5 Å². The molecule has 1 amide bonds. The zero-order valence-electron chi connectivity index (χ0n) is 14.9. The lowest BCUT2D eigenvalue weighted by molar-refractivity contribution is -0.116. The number of rotatable bonds is 6. The SMILES string of the molecule is CCOc1cc2c(cc1N[C@@H](C)C(=O)Nc1cc(C)on1)O[C@@H](C)C2. The van der Waals surface area contributed by atoms with Gasteiger partial charge in [-0.2, -0.15) is 0 Å². The summed E-state index contributed by atoms with van der Waals surface area (Å²) in [5.74, 6) is 2.37. The van der Waals surface area contributed by atoms with Crippen LogP contribution in [0.5, 0.6) is 11.5 Å². The van der Waals surface area contributed by atoms with Crippen LogP contribution < -0.4 is 20.1 Å². The van der Waals surface area contributed by atoms with E-state index in [2.05, 4.69) is 15.8 Å². The van der Waals surface area contributed by atoms with Crippen LogP contribution in [0.15, 0.2) is 22.7 Å². The number of carbonyl (C=O) groups is 1. The molecule has 0 bridgehead atoms. The van der Waals surface area contributed by atoms with Crippen LogP contribution in [0.2, 0.25) is 0 Å². The van der Waals surface area contributed by atoms with Gasteiger partial charge in [0.25, 0.3) is 0 Å². The molecule has 1 aromatic carbocycles. The molecule has 2 heterocycles. The molecular weight excluding hydrogens is 322 g/mol. The summed E-state index contributed by atoms with van der Waals surface area (Å²) in [6.45, 7) is 8.05. The van der Waals surface area contributed by atoms with Crippen molar-refractivity contribution in [2.24, 2.45) is 0 Å². The number of fused-ring (bicyclic) bond motifs is 1. The number of anilines is 2. The predicted molar refractivity (Wildman–Crippen MR) is 94.4 cm³/mol. The minimum absolute atomic E-state index is 0.149. The maximum Gasteiger partial charge on any atom is 0.247 e. The van der Waals surface area contributed by atoms with Gasteiger partial charge in [-0.15, -0.1) is 0 Å². The summed E-state index contributed by atoms with van der Waals surface area (Å²) in [6, 6.07) is 5.05. The molecule has 0 spiro atoms. The van der Waals surface area contributed by atoms with E-state index in [0.717, 1.165) is 29.2 Å². The van der Waals surface area contributed by atoms with E-state index in [9.17, 15) is 4.79 Å². The van der Waals surface area contributed by atoms with Gasteiger partial charge >= 0.3 is 0 Å². The topological polar surface area (TPSA) is 85.6 Å². The van der Waals surface area contributed by atoms with Crippen LogP contribution >= 0.6 is 0 Å². The van der Waals surface area contributed by atoms with Gasteiger partial charge in [0.1, 0.15) is 29.4 Å². The average Bonchev–Trinajstić information content (AvgIpc) is 3.12. The molecular formula is C18H23N3O4. The minimum Gasteiger partial charge on any atom is -0.492 e. The Morgan fingerprint density at radius 3 is 2.92 bits per heavy atom. The lowest BCUT2D eigenvalue weighted by Crippen LogP contribution is -2.32. The molecule has 7 heteroatoms. The summed E-state index contributed by atoms with van der Waals surface area (Å²) in [5.41, 5.74) is 1.85. The highest BCUT2D eigenvalue weighted by atomic mass is 16.5. The van der Waals surface area contributed by atoms with Gasteiger partial charge in [-0.05, 0) is 33.8 Å². The fourth-order valence-electron chi connectivity index (χ4n) is 2.79. The van der Waals surface area contributed by atoms with Crippen LogP contribution in [0.3, 0.4) is 0 Å². The Hall–Kier alpha value is -2.70. The van der Waals surface area contributed by atoms with Gasteiger partial charge in [-0.1, -0.05) is 5.16 Å². The molecule has 0 saturated heterocycles. The molecule has 3 rings (SSSR count).